The number of rotatable bonds is 1. The third kappa shape index (κ3) is 2.93. The van der Waals surface area contributed by atoms with Gasteiger partial charge in [0.25, 0.3) is 0 Å². The Kier molecular flexibility index (Phi) is 2.89. The van der Waals surface area contributed by atoms with Gasteiger partial charge in [-0.1, -0.05) is 0 Å². The molecule has 0 saturated heterocycles. The maximum atomic E-state index is 7.84. The number of hydrogen-bond donors (Lipinski definition) is 1. The molecule has 0 aromatic heterocycles. The molecule has 0 aliphatic heterocycles. The molecule has 0 amide bonds. The molecule has 0 bridgehead atoms. The minimum Gasteiger partial charge on any atom is -0.133 e. The van der Waals surface area contributed by atoms with E-state index in [9.17, 15) is 0 Å². The van der Waals surface area contributed by atoms with Crippen LogP contribution in [-0.4, -0.2) is 0 Å². The third-order valence-electron chi connectivity index (χ3n) is 0.218. The summed E-state index contributed by atoms with van der Waals surface area (Å²) >= 11 is -1.26. The average molecular weight is 116 g/mol. The second-order valence-corrected chi connectivity index (χ2v) is 1.55. The number of nitrogens with zero attached hydrogens (tertiary/aromatic N) is 4. The highest BCUT2D eigenvalue weighted by Crippen LogP contribution is 1.81. The van der Waals surface area contributed by atoms with Gasteiger partial charge in [0, 0.05) is 5.53 Å². The molecule has 0 rings (SSSR count). The average Bonchev–Trinajstić information content (AvgIpc) is 1.68. The maximum Gasteiger partial charge on any atom is 0.359 e. The van der Waals surface area contributed by atoms with E-state index >= 15 is 0 Å². The molecule has 0 aliphatic carbocycles. The Balaban J connectivity index is 3.64. The number of nitrogens with two attached hydrogens (primary N) is 1. The van der Waals surface area contributed by atoms with Crippen molar-refractivity contribution in [2.45, 2.75) is 0 Å². The van der Waals surface area contributed by atoms with Crippen molar-refractivity contribution in [1.82, 2.24) is 0 Å². The van der Waals surface area contributed by atoms with Crippen molar-refractivity contribution >= 4 is 11.3 Å². The predicted molar refractivity (Wildman–Crippen MR) is 26.3 cm³/mol. The van der Waals surface area contributed by atoms with E-state index in [1.165, 1.54) is 0 Å². The standard InChI is InChI=1S/CHN5S/c2-1-7(4)6-5-3/h4H/p+1. The van der Waals surface area contributed by atoms with E-state index in [0.717, 1.165) is 0 Å². The highest BCUT2D eigenvalue weighted by molar-refractivity contribution is 7.97. The summed E-state index contributed by atoms with van der Waals surface area (Å²) in [4.78, 5) is 2.30. The Morgan fingerprint density at radius 2 is 2.57 bits per heavy atom. The van der Waals surface area contributed by atoms with Gasteiger partial charge in [-0.15, -0.1) is 10.4 Å². The summed E-state index contributed by atoms with van der Waals surface area (Å²) in [5.41, 5.74) is 7.60. The van der Waals surface area contributed by atoms with Gasteiger partial charge in [0.15, 0.2) is 4.52 Å². The summed E-state index contributed by atoms with van der Waals surface area (Å²) in [7, 11) is 0. The monoisotopic (exact) mass is 116 g/mol. The largest absolute Gasteiger partial charge is 0.359 e. The molecule has 0 radical (unpaired) electrons. The van der Waals surface area contributed by atoms with Crippen molar-refractivity contribution in [2.75, 3.05) is 0 Å². The van der Waals surface area contributed by atoms with Crippen LogP contribution < -0.4 is 5.14 Å². The molecule has 1 atom stereocenters. The van der Waals surface area contributed by atoms with Crippen LogP contribution in [0.5, 0.6) is 0 Å². The zero-order chi connectivity index (χ0) is 5.70. The van der Waals surface area contributed by atoms with Gasteiger partial charge in [0.2, 0.25) is 0 Å². The van der Waals surface area contributed by atoms with Crippen LogP contribution in [0, 0.1) is 10.7 Å². The van der Waals surface area contributed by atoms with Gasteiger partial charge in [0.1, 0.15) is 0 Å². The van der Waals surface area contributed by atoms with E-state index in [0.29, 0.717) is 0 Å². The molecular formula is CH2N5S+. The lowest BCUT2D eigenvalue weighted by Gasteiger charge is -1.62. The van der Waals surface area contributed by atoms with Crippen LogP contribution in [0.3, 0.4) is 0 Å². The fraction of sp³-hybridized carbons (Fsp3) is 0. The summed E-state index contributed by atoms with van der Waals surface area (Å²) in [6.45, 7) is 0. The first-order valence-electron chi connectivity index (χ1n) is 1.25. The minimum absolute atomic E-state index is 1.26. The molecule has 36 valence electrons. The number of thiocyanates is 1. The van der Waals surface area contributed by atoms with Gasteiger partial charge in [0.05, 0.1) is 4.91 Å². The lowest BCUT2D eigenvalue weighted by atomic mass is 11.8. The SMILES string of the molecule is N#C[S+](N)N=[N+]=[N-]. The van der Waals surface area contributed by atoms with Crippen molar-refractivity contribution in [3.8, 4) is 5.40 Å². The highest BCUT2D eigenvalue weighted by atomic mass is 32.2. The summed E-state index contributed by atoms with van der Waals surface area (Å²) in [6, 6.07) is 0. The van der Waals surface area contributed by atoms with Gasteiger partial charge in [-0.25, -0.2) is 0 Å². The molecule has 0 spiro atoms. The molecule has 1 unspecified atom stereocenters. The van der Waals surface area contributed by atoms with Crippen LogP contribution in [0.15, 0.2) is 4.52 Å². The maximum absolute atomic E-state index is 7.84. The lowest BCUT2D eigenvalue weighted by molar-refractivity contribution is 1.55. The summed E-state index contributed by atoms with van der Waals surface area (Å²) < 4.78 is 2.87. The summed E-state index contributed by atoms with van der Waals surface area (Å²) in [6.07, 6.45) is 0. The Hall–Kier alpha value is -0.890. The third-order valence-corrected chi connectivity index (χ3v) is 0.654. The van der Waals surface area contributed by atoms with E-state index in [1.54, 1.807) is 5.40 Å². The van der Waals surface area contributed by atoms with Gasteiger partial charge in [-0.2, -0.15) is 0 Å². The van der Waals surface area contributed by atoms with E-state index in [4.69, 9.17) is 15.9 Å². The van der Waals surface area contributed by atoms with Gasteiger partial charge >= 0.3 is 16.7 Å². The Bertz CT molecular complexity index is 128. The Morgan fingerprint density at radius 1 is 2.00 bits per heavy atom. The van der Waals surface area contributed by atoms with Crippen LogP contribution >= 0.6 is 0 Å². The summed E-state index contributed by atoms with van der Waals surface area (Å²) in [5, 5.41) is 14.2. The molecule has 0 aromatic carbocycles. The zero-order valence-electron chi connectivity index (χ0n) is 3.27. The second kappa shape index (κ2) is 3.31. The molecule has 7 heavy (non-hydrogen) atoms. The summed E-state index contributed by atoms with van der Waals surface area (Å²) in [5.74, 6) is 0. The van der Waals surface area contributed by atoms with E-state index in [2.05, 4.69) is 9.43 Å². The topological polar surface area (TPSA) is 98.6 Å². The van der Waals surface area contributed by atoms with Crippen LogP contribution in [0.1, 0.15) is 0 Å². The zero-order valence-corrected chi connectivity index (χ0v) is 4.09. The number of hydrogen-bond acceptors (Lipinski definition) is 3. The number of azide groups is 1. The molecule has 0 heterocycles. The van der Waals surface area contributed by atoms with Crippen molar-refractivity contribution in [2.24, 2.45) is 9.66 Å². The van der Waals surface area contributed by atoms with Gasteiger partial charge in [-0.05, 0) is 0 Å². The minimum atomic E-state index is -1.26. The molecule has 0 aromatic rings. The molecule has 5 nitrogen and oxygen atoms in total. The van der Waals surface area contributed by atoms with Gasteiger partial charge < -0.3 is 0 Å². The first kappa shape index (κ1) is 6.11. The van der Waals surface area contributed by atoms with Crippen molar-refractivity contribution in [1.29, 1.82) is 5.26 Å². The molecule has 2 N–H and O–H groups in total. The fourth-order valence-corrected chi connectivity index (χ4v) is 0.173. The van der Waals surface area contributed by atoms with Crippen LogP contribution in [0.4, 0.5) is 0 Å². The lowest BCUT2D eigenvalue weighted by Crippen LogP contribution is -2.03. The van der Waals surface area contributed by atoms with Crippen molar-refractivity contribution in [3.05, 3.63) is 10.4 Å². The van der Waals surface area contributed by atoms with Crippen LogP contribution in [0.25, 0.3) is 10.4 Å². The molecular weight excluding hydrogens is 114 g/mol. The Labute approximate surface area is 43.0 Å². The van der Waals surface area contributed by atoms with Crippen LogP contribution in [-0.2, 0) is 11.3 Å². The van der Waals surface area contributed by atoms with Crippen LogP contribution in [0.2, 0.25) is 0 Å². The molecule has 0 fully saturated rings. The van der Waals surface area contributed by atoms with E-state index in [-0.39, 0.29) is 0 Å². The molecule has 0 saturated carbocycles. The highest BCUT2D eigenvalue weighted by Gasteiger charge is 2.05. The second-order valence-electron chi connectivity index (χ2n) is 0.577. The smallest absolute Gasteiger partial charge is 0.133 e. The quantitative estimate of drug-likeness (QED) is 0.174. The predicted octanol–water partition coefficient (Wildman–Crippen LogP) is 0.185. The molecule has 0 aliphatic rings. The molecule has 6 heteroatoms. The van der Waals surface area contributed by atoms with Gasteiger partial charge in [-0.3, -0.25) is 0 Å². The first-order valence-corrected chi connectivity index (χ1v) is 2.49. The van der Waals surface area contributed by atoms with E-state index in [1.807, 2.05) is 0 Å². The van der Waals surface area contributed by atoms with E-state index < -0.39 is 11.3 Å². The first-order chi connectivity index (χ1) is 3.31. The normalized spacial score (nSPS) is 10.9. The van der Waals surface area contributed by atoms with Crippen molar-refractivity contribution in [3.63, 3.8) is 0 Å². The Morgan fingerprint density at radius 3 is 2.71 bits per heavy atom. The fourth-order valence-electron chi connectivity index (χ4n) is 0.0576. The number of nitriles is 1. The van der Waals surface area contributed by atoms with Crippen molar-refractivity contribution < 1.29 is 0 Å².